The summed E-state index contributed by atoms with van der Waals surface area (Å²) in [7, 11) is 1.75. The Labute approximate surface area is 178 Å². The van der Waals surface area contributed by atoms with Gasteiger partial charge in [0.1, 0.15) is 17.6 Å². The molecule has 0 N–H and O–H groups in total. The second-order valence-electron chi connectivity index (χ2n) is 7.92. The smallest absolute Gasteiger partial charge is 0.254 e. The van der Waals surface area contributed by atoms with Crippen LogP contribution in [0, 0.1) is 6.92 Å². The highest BCUT2D eigenvalue weighted by Crippen LogP contribution is 2.20. The summed E-state index contributed by atoms with van der Waals surface area (Å²) in [6, 6.07) is 11.4. The Balaban J connectivity index is 1.43. The van der Waals surface area contributed by atoms with Crippen LogP contribution >= 0.6 is 0 Å². The van der Waals surface area contributed by atoms with Crippen LogP contribution in [0.2, 0.25) is 0 Å². The summed E-state index contributed by atoms with van der Waals surface area (Å²) < 4.78 is 13.2. The van der Waals surface area contributed by atoms with Gasteiger partial charge in [-0.25, -0.2) is 0 Å². The van der Waals surface area contributed by atoms with Crippen molar-refractivity contribution in [3.05, 3.63) is 58.0 Å². The number of amides is 1. The van der Waals surface area contributed by atoms with Gasteiger partial charge in [-0.15, -0.1) is 0 Å². The minimum atomic E-state index is -0.0671. The number of hydrogen-bond acceptors (Lipinski definition) is 4. The second kappa shape index (κ2) is 10.3. The van der Waals surface area contributed by atoms with E-state index in [1.54, 1.807) is 11.6 Å². The number of ether oxygens (including phenoxy) is 2. The Morgan fingerprint density at radius 1 is 1.10 bits per heavy atom. The number of rotatable bonds is 8. The van der Waals surface area contributed by atoms with Gasteiger partial charge in [0.05, 0.1) is 6.61 Å². The molecule has 6 nitrogen and oxygen atoms in total. The molecule has 162 valence electrons. The first-order valence-electron chi connectivity index (χ1n) is 10.8. The van der Waals surface area contributed by atoms with Gasteiger partial charge in [-0.1, -0.05) is 19.1 Å². The normalized spacial score (nSPS) is 14.6. The molecule has 1 amide bonds. The van der Waals surface area contributed by atoms with E-state index in [-0.39, 0.29) is 17.6 Å². The number of hydrogen-bond donors (Lipinski definition) is 0. The van der Waals surface area contributed by atoms with Crippen LogP contribution in [0.4, 0.5) is 0 Å². The van der Waals surface area contributed by atoms with Gasteiger partial charge in [0.2, 0.25) is 5.91 Å². The van der Waals surface area contributed by atoms with Gasteiger partial charge < -0.3 is 18.9 Å². The van der Waals surface area contributed by atoms with Crippen LogP contribution in [0.5, 0.6) is 11.5 Å². The number of pyridine rings is 1. The molecule has 0 atom stereocenters. The van der Waals surface area contributed by atoms with Crippen LogP contribution in [0.1, 0.15) is 43.9 Å². The fourth-order valence-electron chi connectivity index (χ4n) is 3.60. The van der Waals surface area contributed by atoms with Crippen LogP contribution in [-0.2, 0) is 18.3 Å². The zero-order valence-corrected chi connectivity index (χ0v) is 18.2. The lowest BCUT2D eigenvalue weighted by molar-refractivity contribution is -0.132. The topological polar surface area (TPSA) is 60.8 Å². The van der Waals surface area contributed by atoms with Crippen molar-refractivity contribution in [2.75, 3.05) is 19.7 Å². The lowest BCUT2D eigenvalue weighted by atomic mass is 10.1. The van der Waals surface area contributed by atoms with Gasteiger partial charge in [-0.2, -0.15) is 0 Å². The summed E-state index contributed by atoms with van der Waals surface area (Å²) in [6.07, 6.45) is 3.83. The number of piperidine rings is 1. The largest absolute Gasteiger partial charge is 0.494 e. The van der Waals surface area contributed by atoms with Crippen molar-refractivity contribution in [1.82, 2.24) is 9.47 Å². The molecule has 1 aliphatic heterocycles. The van der Waals surface area contributed by atoms with Gasteiger partial charge in [0.15, 0.2) is 0 Å². The SMILES string of the molecule is CCCOc1ccc(CCC(=O)N2CCC(Oc3cc(C)n(C)c(=O)c3)CC2)cc1. The monoisotopic (exact) mass is 412 g/mol. The molecule has 3 rings (SSSR count). The molecule has 0 radical (unpaired) electrons. The molecule has 1 saturated heterocycles. The molecule has 1 aliphatic rings. The summed E-state index contributed by atoms with van der Waals surface area (Å²) >= 11 is 0. The van der Waals surface area contributed by atoms with Gasteiger partial charge in [0, 0.05) is 51.2 Å². The van der Waals surface area contributed by atoms with E-state index in [0.717, 1.165) is 49.3 Å². The highest BCUT2D eigenvalue weighted by Gasteiger charge is 2.24. The lowest BCUT2D eigenvalue weighted by Gasteiger charge is -2.32. The number of likely N-dealkylation sites (tertiary alicyclic amines) is 1. The van der Waals surface area contributed by atoms with Gasteiger partial charge in [-0.3, -0.25) is 9.59 Å². The van der Waals surface area contributed by atoms with E-state index >= 15 is 0 Å². The third kappa shape index (κ3) is 5.88. The van der Waals surface area contributed by atoms with Gasteiger partial charge >= 0.3 is 0 Å². The predicted octanol–water partition coefficient (Wildman–Crippen LogP) is 3.49. The van der Waals surface area contributed by atoms with Crippen molar-refractivity contribution in [3.63, 3.8) is 0 Å². The summed E-state index contributed by atoms with van der Waals surface area (Å²) in [5.41, 5.74) is 1.95. The highest BCUT2D eigenvalue weighted by molar-refractivity contribution is 5.76. The Hall–Kier alpha value is -2.76. The minimum Gasteiger partial charge on any atom is -0.494 e. The van der Waals surface area contributed by atoms with E-state index in [9.17, 15) is 9.59 Å². The molecule has 0 saturated carbocycles. The Bertz CT molecular complexity index is 896. The molecule has 2 aromatic rings. The molecule has 30 heavy (non-hydrogen) atoms. The Morgan fingerprint density at radius 2 is 1.80 bits per heavy atom. The van der Waals surface area contributed by atoms with Crippen molar-refractivity contribution in [2.45, 2.75) is 52.1 Å². The molecule has 0 aliphatic carbocycles. The lowest BCUT2D eigenvalue weighted by Crippen LogP contribution is -2.42. The summed E-state index contributed by atoms with van der Waals surface area (Å²) in [4.78, 5) is 26.4. The van der Waals surface area contributed by atoms with Crippen LogP contribution in [0.15, 0.2) is 41.2 Å². The third-order valence-electron chi connectivity index (χ3n) is 5.60. The zero-order valence-electron chi connectivity index (χ0n) is 18.2. The summed E-state index contributed by atoms with van der Waals surface area (Å²) in [6.45, 7) is 6.08. The average Bonchev–Trinajstić information content (AvgIpc) is 2.75. The number of benzene rings is 1. The molecule has 1 aromatic heterocycles. The molecule has 6 heteroatoms. The maximum absolute atomic E-state index is 12.6. The number of aromatic nitrogens is 1. The van der Waals surface area contributed by atoms with Crippen molar-refractivity contribution < 1.29 is 14.3 Å². The van der Waals surface area contributed by atoms with E-state index in [2.05, 4.69) is 6.92 Å². The van der Waals surface area contributed by atoms with E-state index in [4.69, 9.17) is 9.47 Å². The maximum Gasteiger partial charge on any atom is 0.254 e. The first-order valence-corrected chi connectivity index (χ1v) is 10.8. The first-order chi connectivity index (χ1) is 14.5. The van der Waals surface area contributed by atoms with Crippen molar-refractivity contribution >= 4 is 5.91 Å². The molecule has 2 heterocycles. The van der Waals surface area contributed by atoms with Crippen LogP contribution < -0.4 is 15.0 Å². The molecule has 0 spiro atoms. The Morgan fingerprint density at radius 3 is 2.43 bits per heavy atom. The average molecular weight is 413 g/mol. The fourth-order valence-corrected chi connectivity index (χ4v) is 3.60. The van der Waals surface area contributed by atoms with Crippen molar-refractivity contribution in [3.8, 4) is 11.5 Å². The van der Waals surface area contributed by atoms with E-state index in [1.165, 1.54) is 6.07 Å². The standard InChI is InChI=1S/C24H32N2O4/c1-4-15-29-20-8-5-19(6-9-20)7-10-23(27)26-13-11-21(12-14-26)30-22-16-18(2)25(3)24(28)17-22/h5-6,8-9,16-17,21H,4,7,10-15H2,1-3H3. The fraction of sp³-hybridized carbons (Fsp3) is 0.500. The second-order valence-corrected chi connectivity index (χ2v) is 7.92. The predicted molar refractivity (Wildman–Crippen MR) is 117 cm³/mol. The molecular weight excluding hydrogens is 380 g/mol. The van der Waals surface area contributed by atoms with Crippen molar-refractivity contribution in [1.29, 1.82) is 0 Å². The number of aryl methyl sites for hydroxylation is 2. The zero-order chi connectivity index (χ0) is 21.5. The maximum atomic E-state index is 12.6. The Kier molecular flexibility index (Phi) is 7.55. The third-order valence-corrected chi connectivity index (χ3v) is 5.60. The first kappa shape index (κ1) is 21.9. The number of nitrogens with zero attached hydrogens (tertiary/aromatic N) is 2. The van der Waals surface area contributed by atoms with Gasteiger partial charge in [-0.05, 0) is 43.5 Å². The molecule has 1 fully saturated rings. The van der Waals surface area contributed by atoms with E-state index < -0.39 is 0 Å². The van der Waals surface area contributed by atoms with E-state index in [1.807, 2.05) is 42.2 Å². The van der Waals surface area contributed by atoms with Crippen LogP contribution in [-0.4, -0.2) is 41.2 Å². The number of carbonyl (C=O) groups is 1. The summed E-state index contributed by atoms with van der Waals surface area (Å²) in [5.74, 6) is 1.68. The summed E-state index contributed by atoms with van der Waals surface area (Å²) in [5, 5.41) is 0. The molecule has 0 bridgehead atoms. The highest BCUT2D eigenvalue weighted by atomic mass is 16.5. The van der Waals surface area contributed by atoms with Crippen molar-refractivity contribution in [2.24, 2.45) is 7.05 Å². The molecule has 0 unspecified atom stereocenters. The molecular formula is C24H32N2O4. The van der Waals surface area contributed by atoms with Crippen LogP contribution in [0.3, 0.4) is 0 Å². The van der Waals surface area contributed by atoms with Crippen LogP contribution in [0.25, 0.3) is 0 Å². The number of carbonyl (C=O) groups excluding carboxylic acids is 1. The van der Waals surface area contributed by atoms with E-state index in [0.29, 0.717) is 25.3 Å². The quantitative estimate of drug-likeness (QED) is 0.666. The van der Waals surface area contributed by atoms with Gasteiger partial charge in [0.25, 0.3) is 5.56 Å². The minimum absolute atomic E-state index is 0.0382. The molecule has 1 aromatic carbocycles.